The molecule has 0 aromatic heterocycles. The van der Waals surface area contributed by atoms with Crippen LogP contribution in [0.2, 0.25) is 0 Å². The van der Waals surface area contributed by atoms with E-state index in [4.69, 9.17) is 4.74 Å². The molecule has 1 unspecified atom stereocenters. The second-order valence-corrected chi connectivity index (χ2v) is 5.15. The highest BCUT2D eigenvalue weighted by atomic mass is 16.5. The number of rotatable bonds is 6. The average Bonchev–Trinajstić information content (AvgIpc) is 2.50. The lowest BCUT2D eigenvalue weighted by molar-refractivity contribution is -0.120. The maximum absolute atomic E-state index is 12.2. The number of nitrogens with zero attached hydrogens (tertiary/aromatic N) is 1. The number of aldehydes is 1. The molecule has 5 nitrogen and oxygen atoms in total. The summed E-state index contributed by atoms with van der Waals surface area (Å²) >= 11 is 0. The third-order valence-corrected chi connectivity index (χ3v) is 3.63. The second-order valence-electron chi connectivity index (χ2n) is 5.15. The van der Waals surface area contributed by atoms with Crippen molar-refractivity contribution >= 4 is 17.9 Å². The summed E-state index contributed by atoms with van der Waals surface area (Å²) in [5.41, 5.74) is 0.670. The summed E-state index contributed by atoms with van der Waals surface area (Å²) in [7, 11) is 0. The molecule has 0 spiro atoms. The molecular formula is C16H22N2O3. The van der Waals surface area contributed by atoms with Gasteiger partial charge in [0.05, 0.1) is 24.9 Å². The largest absolute Gasteiger partial charge is 0.492 e. The number of piperidine rings is 1. The van der Waals surface area contributed by atoms with Crippen LogP contribution in [0.15, 0.2) is 24.3 Å². The quantitative estimate of drug-likeness (QED) is 0.815. The number of nitrogens with one attached hydrogen (secondary N) is 1. The number of hydrogen-bond acceptors (Lipinski definition) is 4. The van der Waals surface area contributed by atoms with Gasteiger partial charge >= 0.3 is 0 Å². The Labute approximate surface area is 125 Å². The SMILES string of the molecule is CCOc1ccccc1NC(=O)CN1CCCCC1C=O. The molecule has 0 radical (unpaired) electrons. The summed E-state index contributed by atoms with van der Waals surface area (Å²) in [6, 6.07) is 7.23. The van der Waals surface area contributed by atoms with Crippen LogP contribution < -0.4 is 10.1 Å². The Kier molecular flexibility index (Phi) is 5.75. The van der Waals surface area contributed by atoms with Crippen molar-refractivity contribution in [3.05, 3.63) is 24.3 Å². The maximum atomic E-state index is 12.2. The first-order valence-electron chi connectivity index (χ1n) is 7.45. The molecule has 1 fully saturated rings. The van der Waals surface area contributed by atoms with Gasteiger partial charge in [-0.15, -0.1) is 0 Å². The molecule has 0 aliphatic carbocycles. The van der Waals surface area contributed by atoms with Gasteiger partial charge in [0.25, 0.3) is 0 Å². The second kappa shape index (κ2) is 7.78. The first-order chi connectivity index (χ1) is 10.2. The van der Waals surface area contributed by atoms with Crippen LogP contribution in [0.5, 0.6) is 5.75 Å². The van der Waals surface area contributed by atoms with Crippen LogP contribution in [-0.4, -0.2) is 42.8 Å². The van der Waals surface area contributed by atoms with Crippen molar-refractivity contribution in [1.82, 2.24) is 4.90 Å². The predicted molar refractivity (Wildman–Crippen MR) is 81.5 cm³/mol. The number of likely N-dealkylation sites (tertiary alicyclic amines) is 1. The van der Waals surface area contributed by atoms with Crippen LogP contribution in [0.25, 0.3) is 0 Å². The van der Waals surface area contributed by atoms with E-state index in [-0.39, 0.29) is 18.5 Å². The Balaban J connectivity index is 1.96. The molecule has 1 aromatic carbocycles. The molecule has 114 valence electrons. The van der Waals surface area contributed by atoms with Crippen molar-refractivity contribution in [1.29, 1.82) is 0 Å². The van der Waals surface area contributed by atoms with Crippen molar-refractivity contribution < 1.29 is 14.3 Å². The molecule has 2 rings (SSSR count). The Morgan fingerprint density at radius 2 is 2.24 bits per heavy atom. The van der Waals surface area contributed by atoms with Crippen LogP contribution in [0, 0.1) is 0 Å². The highest BCUT2D eigenvalue weighted by Crippen LogP contribution is 2.24. The molecule has 1 heterocycles. The Bertz CT molecular complexity index is 490. The number of anilines is 1. The molecule has 21 heavy (non-hydrogen) atoms. The van der Waals surface area contributed by atoms with Crippen LogP contribution in [0.3, 0.4) is 0 Å². The molecule has 1 atom stereocenters. The Morgan fingerprint density at radius 1 is 1.43 bits per heavy atom. The fraction of sp³-hybridized carbons (Fsp3) is 0.500. The van der Waals surface area contributed by atoms with E-state index in [1.54, 1.807) is 0 Å². The molecule has 1 aliphatic rings. The topological polar surface area (TPSA) is 58.6 Å². The normalized spacial score (nSPS) is 19.0. The van der Waals surface area contributed by atoms with E-state index >= 15 is 0 Å². The first-order valence-corrected chi connectivity index (χ1v) is 7.45. The molecule has 0 saturated carbocycles. The van der Waals surface area contributed by atoms with Gasteiger partial charge in [-0.05, 0) is 38.4 Å². The Hall–Kier alpha value is -1.88. The summed E-state index contributed by atoms with van der Waals surface area (Å²) in [4.78, 5) is 25.2. The van der Waals surface area contributed by atoms with Gasteiger partial charge in [-0.2, -0.15) is 0 Å². The summed E-state index contributed by atoms with van der Waals surface area (Å²) in [6.45, 7) is 3.49. The minimum Gasteiger partial charge on any atom is -0.492 e. The third-order valence-electron chi connectivity index (χ3n) is 3.63. The Morgan fingerprint density at radius 3 is 3.00 bits per heavy atom. The monoisotopic (exact) mass is 290 g/mol. The molecular weight excluding hydrogens is 268 g/mol. The van der Waals surface area contributed by atoms with Gasteiger partial charge in [0, 0.05) is 0 Å². The number of hydrogen-bond donors (Lipinski definition) is 1. The van der Waals surface area contributed by atoms with Gasteiger partial charge in [-0.1, -0.05) is 18.6 Å². The van der Waals surface area contributed by atoms with Crippen LogP contribution in [0.1, 0.15) is 26.2 Å². The van der Waals surface area contributed by atoms with E-state index in [1.807, 2.05) is 36.1 Å². The molecule has 1 saturated heterocycles. The number of ether oxygens (including phenoxy) is 1. The lowest BCUT2D eigenvalue weighted by Crippen LogP contribution is -2.44. The number of carbonyl (C=O) groups is 2. The van der Waals surface area contributed by atoms with E-state index in [0.717, 1.165) is 32.1 Å². The van der Waals surface area contributed by atoms with Crippen LogP contribution >= 0.6 is 0 Å². The van der Waals surface area contributed by atoms with E-state index in [1.165, 1.54) is 0 Å². The zero-order valence-corrected chi connectivity index (χ0v) is 12.4. The average molecular weight is 290 g/mol. The third kappa shape index (κ3) is 4.29. The summed E-state index contributed by atoms with van der Waals surface area (Å²) in [6.07, 6.45) is 3.87. The number of carbonyl (C=O) groups excluding carboxylic acids is 2. The number of amides is 1. The van der Waals surface area contributed by atoms with Crippen molar-refractivity contribution in [2.24, 2.45) is 0 Å². The molecule has 5 heteroatoms. The minimum atomic E-state index is -0.133. The van der Waals surface area contributed by atoms with Crippen molar-refractivity contribution in [2.45, 2.75) is 32.2 Å². The predicted octanol–water partition coefficient (Wildman–Crippen LogP) is 2.08. The molecule has 1 amide bonds. The first kappa shape index (κ1) is 15.5. The summed E-state index contributed by atoms with van der Waals surface area (Å²) in [5.74, 6) is 0.551. The fourth-order valence-corrected chi connectivity index (χ4v) is 2.59. The van der Waals surface area contributed by atoms with Gasteiger partial charge in [0.15, 0.2) is 0 Å². The van der Waals surface area contributed by atoms with Gasteiger partial charge in [0.2, 0.25) is 5.91 Å². The summed E-state index contributed by atoms with van der Waals surface area (Å²) in [5, 5.41) is 2.87. The van der Waals surface area contributed by atoms with Crippen molar-refractivity contribution in [3.63, 3.8) is 0 Å². The van der Waals surface area contributed by atoms with Gasteiger partial charge < -0.3 is 14.8 Å². The lowest BCUT2D eigenvalue weighted by Gasteiger charge is -2.31. The van der Waals surface area contributed by atoms with Gasteiger partial charge in [0.1, 0.15) is 12.0 Å². The zero-order chi connectivity index (χ0) is 15.1. The smallest absolute Gasteiger partial charge is 0.238 e. The molecule has 0 bridgehead atoms. The number of benzene rings is 1. The van der Waals surface area contributed by atoms with Crippen molar-refractivity contribution in [2.75, 3.05) is 25.0 Å². The van der Waals surface area contributed by atoms with E-state index in [0.29, 0.717) is 18.0 Å². The van der Waals surface area contributed by atoms with Crippen LogP contribution in [-0.2, 0) is 9.59 Å². The molecule has 1 aliphatic heterocycles. The van der Waals surface area contributed by atoms with E-state index < -0.39 is 0 Å². The highest BCUT2D eigenvalue weighted by molar-refractivity contribution is 5.93. The maximum Gasteiger partial charge on any atom is 0.238 e. The van der Waals surface area contributed by atoms with E-state index in [2.05, 4.69) is 5.32 Å². The van der Waals surface area contributed by atoms with Gasteiger partial charge in [-0.25, -0.2) is 0 Å². The highest BCUT2D eigenvalue weighted by Gasteiger charge is 2.23. The fourth-order valence-electron chi connectivity index (χ4n) is 2.59. The molecule has 1 aromatic rings. The molecule has 1 N–H and O–H groups in total. The lowest BCUT2D eigenvalue weighted by atomic mass is 10.0. The van der Waals surface area contributed by atoms with Crippen LogP contribution in [0.4, 0.5) is 5.69 Å². The minimum absolute atomic E-state index is 0.115. The number of para-hydroxylation sites is 2. The zero-order valence-electron chi connectivity index (χ0n) is 12.4. The van der Waals surface area contributed by atoms with Crippen molar-refractivity contribution in [3.8, 4) is 5.75 Å². The summed E-state index contributed by atoms with van der Waals surface area (Å²) < 4.78 is 5.49. The van der Waals surface area contributed by atoms with E-state index in [9.17, 15) is 9.59 Å². The van der Waals surface area contributed by atoms with Gasteiger partial charge in [-0.3, -0.25) is 9.69 Å². The standard InChI is InChI=1S/C16H22N2O3/c1-2-21-15-9-4-3-8-14(15)17-16(20)11-18-10-6-5-7-13(18)12-19/h3-4,8-9,12-13H,2,5-7,10-11H2,1H3,(H,17,20).